The highest BCUT2D eigenvalue weighted by Gasteiger charge is 2.28. The SMILES string of the molecule is COc1ccc(C2CCCN2CCC(=O)Nc2cc(Cl)ccc2Cl)c(OC)c1. The topological polar surface area (TPSA) is 50.8 Å². The average Bonchev–Trinajstić information content (AvgIpc) is 3.17. The van der Waals surface area contributed by atoms with Gasteiger partial charge in [-0.15, -0.1) is 0 Å². The van der Waals surface area contributed by atoms with Crippen molar-refractivity contribution in [3.05, 3.63) is 52.0 Å². The van der Waals surface area contributed by atoms with Crippen LogP contribution in [-0.2, 0) is 4.79 Å². The number of carbonyl (C=O) groups is 1. The highest BCUT2D eigenvalue weighted by Crippen LogP contribution is 2.38. The monoisotopic (exact) mass is 422 g/mol. The molecule has 7 heteroatoms. The molecule has 0 aromatic heterocycles. The number of nitrogens with zero attached hydrogens (tertiary/aromatic N) is 1. The quantitative estimate of drug-likeness (QED) is 0.667. The lowest BCUT2D eigenvalue weighted by Crippen LogP contribution is -2.28. The minimum absolute atomic E-state index is 0.0866. The van der Waals surface area contributed by atoms with Crippen molar-refractivity contribution in [3.63, 3.8) is 0 Å². The summed E-state index contributed by atoms with van der Waals surface area (Å²) in [6.07, 6.45) is 2.49. The van der Waals surface area contributed by atoms with E-state index in [2.05, 4.69) is 10.2 Å². The predicted molar refractivity (Wildman–Crippen MR) is 113 cm³/mol. The third-order valence-corrected chi connectivity index (χ3v) is 5.56. The van der Waals surface area contributed by atoms with Crippen LogP contribution in [0.4, 0.5) is 5.69 Å². The van der Waals surface area contributed by atoms with Gasteiger partial charge >= 0.3 is 0 Å². The minimum atomic E-state index is -0.0866. The number of likely N-dealkylation sites (tertiary alicyclic amines) is 1. The molecule has 0 saturated carbocycles. The van der Waals surface area contributed by atoms with Crippen LogP contribution < -0.4 is 14.8 Å². The fraction of sp³-hybridized carbons (Fsp3) is 0.381. The van der Waals surface area contributed by atoms with Crippen molar-refractivity contribution in [2.24, 2.45) is 0 Å². The van der Waals surface area contributed by atoms with Crippen molar-refractivity contribution in [1.29, 1.82) is 0 Å². The second kappa shape index (κ2) is 9.50. The van der Waals surface area contributed by atoms with Crippen LogP contribution in [0.1, 0.15) is 30.9 Å². The normalized spacial score (nSPS) is 16.8. The Labute approximate surface area is 175 Å². The summed E-state index contributed by atoms with van der Waals surface area (Å²) < 4.78 is 10.9. The van der Waals surface area contributed by atoms with Crippen molar-refractivity contribution in [3.8, 4) is 11.5 Å². The van der Waals surface area contributed by atoms with Crippen LogP contribution in [0.15, 0.2) is 36.4 Å². The summed E-state index contributed by atoms with van der Waals surface area (Å²) in [6, 6.07) is 11.1. The maximum absolute atomic E-state index is 12.4. The van der Waals surface area contributed by atoms with Crippen LogP contribution in [0, 0.1) is 0 Å². The number of hydrogen-bond acceptors (Lipinski definition) is 4. The zero-order chi connectivity index (χ0) is 20.1. The first kappa shape index (κ1) is 20.8. The van der Waals surface area contributed by atoms with Gasteiger partial charge in [0.1, 0.15) is 11.5 Å². The first-order valence-electron chi connectivity index (χ1n) is 9.22. The van der Waals surface area contributed by atoms with Crippen LogP contribution >= 0.6 is 23.2 Å². The number of ether oxygens (including phenoxy) is 2. The number of nitrogens with one attached hydrogen (secondary N) is 1. The van der Waals surface area contributed by atoms with E-state index in [1.54, 1.807) is 32.4 Å². The third kappa shape index (κ3) is 4.90. The number of benzene rings is 2. The first-order valence-corrected chi connectivity index (χ1v) is 9.98. The summed E-state index contributed by atoms with van der Waals surface area (Å²) >= 11 is 12.1. The molecular weight excluding hydrogens is 399 g/mol. The Hall–Kier alpha value is -1.95. The molecule has 2 aromatic rings. The summed E-state index contributed by atoms with van der Waals surface area (Å²) in [4.78, 5) is 14.7. The highest BCUT2D eigenvalue weighted by molar-refractivity contribution is 6.35. The van der Waals surface area contributed by atoms with Gasteiger partial charge in [-0.2, -0.15) is 0 Å². The van der Waals surface area contributed by atoms with E-state index in [1.165, 1.54) is 0 Å². The van der Waals surface area contributed by atoms with E-state index in [1.807, 2.05) is 18.2 Å². The van der Waals surface area contributed by atoms with Gasteiger partial charge in [0, 0.05) is 35.7 Å². The molecule has 1 amide bonds. The Morgan fingerprint density at radius 1 is 1.18 bits per heavy atom. The summed E-state index contributed by atoms with van der Waals surface area (Å²) in [5, 5.41) is 3.85. The molecule has 0 bridgehead atoms. The summed E-state index contributed by atoms with van der Waals surface area (Å²) in [5.41, 5.74) is 1.66. The number of halogens is 2. The standard InChI is InChI=1S/C21H24Cl2N2O3/c1-27-15-6-7-16(20(13-15)28-2)19-4-3-10-25(19)11-9-21(26)24-18-12-14(22)5-8-17(18)23/h5-8,12-13,19H,3-4,9-11H2,1-2H3,(H,24,26). The molecular formula is C21H24Cl2N2O3. The Balaban J connectivity index is 1.64. The number of amides is 1. The lowest BCUT2D eigenvalue weighted by Gasteiger charge is -2.26. The van der Waals surface area contributed by atoms with Gasteiger partial charge in [0.15, 0.2) is 0 Å². The number of methoxy groups -OCH3 is 2. The van der Waals surface area contributed by atoms with E-state index in [9.17, 15) is 4.79 Å². The summed E-state index contributed by atoms with van der Waals surface area (Å²) in [7, 11) is 3.31. The van der Waals surface area contributed by atoms with Crippen molar-refractivity contribution >= 4 is 34.8 Å². The molecule has 3 rings (SSSR count). The van der Waals surface area contributed by atoms with Crippen molar-refractivity contribution in [2.45, 2.75) is 25.3 Å². The number of hydrogen-bond donors (Lipinski definition) is 1. The third-order valence-electron chi connectivity index (χ3n) is 4.99. The lowest BCUT2D eigenvalue weighted by atomic mass is 10.0. The van der Waals surface area contributed by atoms with E-state index < -0.39 is 0 Å². The van der Waals surface area contributed by atoms with Crippen molar-refractivity contribution in [1.82, 2.24) is 4.90 Å². The molecule has 0 radical (unpaired) electrons. The van der Waals surface area contributed by atoms with Crippen LogP contribution in [0.5, 0.6) is 11.5 Å². The molecule has 1 heterocycles. The Kier molecular flexibility index (Phi) is 7.05. The van der Waals surface area contributed by atoms with Gasteiger partial charge in [-0.05, 0) is 43.7 Å². The van der Waals surface area contributed by atoms with E-state index in [0.29, 0.717) is 28.7 Å². The molecule has 2 aromatic carbocycles. The molecule has 1 unspecified atom stereocenters. The average molecular weight is 423 g/mol. The summed E-state index contributed by atoms with van der Waals surface area (Å²) in [6.45, 7) is 1.61. The highest BCUT2D eigenvalue weighted by atomic mass is 35.5. The maximum Gasteiger partial charge on any atom is 0.225 e. The van der Waals surface area contributed by atoms with Gasteiger partial charge in [0.05, 0.1) is 24.9 Å². The number of carbonyl (C=O) groups excluding carboxylic acids is 1. The van der Waals surface area contributed by atoms with E-state index in [0.717, 1.165) is 36.4 Å². The summed E-state index contributed by atoms with van der Waals surface area (Å²) in [5.74, 6) is 1.49. The molecule has 0 spiro atoms. The molecule has 0 aliphatic carbocycles. The minimum Gasteiger partial charge on any atom is -0.497 e. The van der Waals surface area contributed by atoms with Crippen molar-refractivity contribution in [2.75, 3.05) is 32.6 Å². The fourth-order valence-electron chi connectivity index (χ4n) is 3.59. The zero-order valence-corrected chi connectivity index (χ0v) is 17.5. The zero-order valence-electron chi connectivity index (χ0n) is 16.0. The maximum atomic E-state index is 12.4. The van der Waals surface area contributed by atoms with Crippen LogP contribution in [0.3, 0.4) is 0 Å². The van der Waals surface area contributed by atoms with Gasteiger partial charge < -0.3 is 14.8 Å². The second-order valence-electron chi connectivity index (χ2n) is 6.72. The number of anilines is 1. The largest absolute Gasteiger partial charge is 0.497 e. The van der Waals surface area contributed by atoms with Gasteiger partial charge in [0.25, 0.3) is 0 Å². The second-order valence-corrected chi connectivity index (χ2v) is 7.57. The van der Waals surface area contributed by atoms with E-state index >= 15 is 0 Å². The Bertz CT molecular complexity index is 844. The van der Waals surface area contributed by atoms with Gasteiger partial charge in [-0.1, -0.05) is 29.3 Å². The van der Waals surface area contributed by atoms with Gasteiger partial charge in [0.2, 0.25) is 5.91 Å². The molecule has 1 atom stereocenters. The lowest BCUT2D eigenvalue weighted by molar-refractivity contribution is -0.116. The van der Waals surface area contributed by atoms with E-state index in [4.69, 9.17) is 32.7 Å². The van der Waals surface area contributed by atoms with Gasteiger partial charge in [-0.25, -0.2) is 0 Å². The molecule has 1 aliphatic rings. The Morgan fingerprint density at radius 3 is 2.75 bits per heavy atom. The van der Waals surface area contributed by atoms with Crippen LogP contribution in [0.2, 0.25) is 10.0 Å². The van der Waals surface area contributed by atoms with Gasteiger partial charge in [-0.3, -0.25) is 9.69 Å². The molecule has 1 saturated heterocycles. The Morgan fingerprint density at radius 2 is 2.00 bits per heavy atom. The fourth-order valence-corrected chi connectivity index (χ4v) is 3.93. The molecule has 5 nitrogen and oxygen atoms in total. The molecule has 28 heavy (non-hydrogen) atoms. The molecule has 150 valence electrons. The van der Waals surface area contributed by atoms with E-state index in [-0.39, 0.29) is 11.9 Å². The predicted octanol–water partition coefficient (Wildman–Crippen LogP) is 5.18. The van der Waals surface area contributed by atoms with Crippen molar-refractivity contribution < 1.29 is 14.3 Å². The number of rotatable bonds is 7. The smallest absolute Gasteiger partial charge is 0.225 e. The van der Waals surface area contributed by atoms with Crippen LogP contribution in [0.25, 0.3) is 0 Å². The molecule has 1 aliphatic heterocycles. The molecule has 1 N–H and O–H groups in total. The van der Waals surface area contributed by atoms with Crippen LogP contribution in [-0.4, -0.2) is 38.1 Å². The molecule has 1 fully saturated rings. The first-order chi connectivity index (χ1) is 13.5.